The van der Waals surface area contributed by atoms with Crippen LogP contribution in [0.25, 0.3) is 11.4 Å². The number of aromatic nitrogens is 4. The number of anilines is 1. The van der Waals surface area contributed by atoms with E-state index in [1.165, 1.54) is 19.3 Å². The van der Waals surface area contributed by atoms with Crippen molar-refractivity contribution in [2.45, 2.75) is 38.1 Å². The number of hydrogen-bond donors (Lipinski definition) is 1. The van der Waals surface area contributed by atoms with Gasteiger partial charge in [-0.05, 0) is 41.5 Å². The maximum Gasteiger partial charge on any atom is 0.184 e. The van der Waals surface area contributed by atoms with Crippen molar-refractivity contribution in [3.63, 3.8) is 0 Å². The molecule has 0 radical (unpaired) electrons. The van der Waals surface area contributed by atoms with Gasteiger partial charge in [-0.15, -0.1) is 5.10 Å². The smallest absolute Gasteiger partial charge is 0.184 e. The second-order valence-corrected chi connectivity index (χ2v) is 5.41. The normalized spacial score (nSPS) is 16.7. The fourth-order valence-electron chi connectivity index (χ4n) is 2.68. The Bertz CT molecular complexity index is 574. The average molecular weight is 278 g/mol. The largest absolute Gasteiger partial charge is 0.398 e. The van der Waals surface area contributed by atoms with Gasteiger partial charge in [-0.25, -0.2) is 4.68 Å². The second-order valence-electron chi connectivity index (χ2n) is 4.97. The molecule has 0 unspecified atom stereocenters. The number of nitrogen functional groups attached to an aromatic ring is 1. The molecular formula is C13H16ClN5. The van der Waals surface area contributed by atoms with Crippen molar-refractivity contribution in [1.82, 2.24) is 20.2 Å². The van der Waals surface area contributed by atoms with Crippen molar-refractivity contribution in [2.75, 3.05) is 5.73 Å². The highest BCUT2D eigenvalue weighted by molar-refractivity contribution is 6.31. The minimum atomic E-state index is 0.383. The molecule has 2 aromatic rings. The van der Waals surface area contributed by atoms with Crippen LogP contribution in [0.1, 0.15) is 38.1 Å². The first-order valence-electron chi connectivity index (χ1n) is 6.59. The van der Waals surface area contributed by atoms with E-state index in [0.29, 0.717) is 16.8 Å². The zero-order valence-corrected chi connectivity index (χ0v) is 11.3. The van der Waals surface area contributed by atoms with Crippen molar-refractivity contribution >= 4 is 17.3 Å². The molecule has 5 nitrogen and oxygen atoms in total. The summed E-state index contributed by atoms with van der Waals surface area (Å²) in [5.41, 5.74) is 7.48. The lowest BCUT2D eigenvalue weighted by Crippen LogP contribution is -2.15. The van der Waals surface area contributed by atoms with Crippen LogP contribution in [0.15, 0.2) is 18.2 Å². The lowest BCUT2D eigenvalue weighted by Gasteiger charge is -2.22. The number of benzene rings is 1. The van der Waals surface area contributed by atoms with Crippen LogP contribution in [0.5, 0.6) is 0 Å². The van der Waals surface area contributed by atoms with E-state index >= 15 is 0 Å². The van der Waals surface area contributed by atoms with Crippen molar-refractivity contribution in [3.8, 4) is 11.4 Å². The standard InChI is InChI=1S/C13H16ClN5/c14-9-6-7-11(12(15)8-9)13-16-17-18-19(13)10-4-2-1-3-5-10/h6-8,10H,1-5,15H2. The van der Waals surface area contributed by atoms with Crippen molar-refractivity contribution < 1.29 is 0 Å². The predicted molar refractivity (Wildman–Crippen MR) is 74.8 cm³/mol. The average Bonchev–Trinajstić information content (AvgIpc) is 2.89. The Morgan fingerprint density at radius 2 is 2.00 bits per heavy atom. The first kappa shape index (κ1) is 12.4. The van der Waals surface area contributed by atoms with E-state index < -0.39 is 0 Å². The van der Waals surface area contributed by atoms with Crippen LogP contribution in [0.3, 0.4) is 0 Å². The highest BCUT2D eigenvalue weighted by atomic mass is 35.5. The molecule has 0 saturated heterocycles. The SMILES string of the molecule is Nc1cc(Cl)ccc1-c1nnnn1C1CCCCC1. The number of hydrogen-bond acceptors (Lipinski definition) is 4. The van der Waals surface area contributed by atoms with Crippen LogP contribution in [0.4, 0.5) is 5.69 Å². The minimum Gasteiger partial charge on any atom is -0.398 e. The Kier molecular flexibility index (Phi) is 3.38. The summed E-state index contributed by atoms with van der Waals surface area (Å²) in [5.74, 6) is 0.737. The molecule has 1 aliphatic carbocycles. The number of halogens is 1. The van der Waals surface area contributed by atoms with E-state index in [4.69, 9.17) is 17.3 Å². The van der Waals surface area contributed by atoms with Gasteiger partial charge in [0.25, 0.3) is 0 Å². The van der Waals surface area contributed by atoms with E-state index in [2.05, 4.69) is 15.5 Å². The van der Waals surface area contributed by atoms with E-state index in [9.17, 15) is 0 Å². The Balaban J connectivity index is 1.99. The predicted octanol–water partition coefficient (Wildman–Crippen LogP) is 3.08. The molecule has 0 amide bonds. The highest BCUT2D eigenvalue weighted by Crippen LogP contribution is 2.32. The van der Waals surface area contributed by atoms with Crippen molar-refractivity contribution in [2.24, 2.45) is 0 Å². The first-order chi connectivity index (χ1) is 9.25. The zero-order chi connectivity index (χ0) is 13.2. The molecule has 1 aliphatic rings. The molecule has 0 atom stereocenters. The van der Waals surface area contributed by atoms with Gasteiger partial charge in [0.1, 0.15) is 0 Å². The molecule has 2 N–H and O–H groups in total. The van der Waals surface area contributed by atoms with Crippen molar-refractivity contribution in [1.29, 1.82) is 0 Å². The summed E-state index contributed by atoms with van der Waals surface area (Å²) in [6, 6.07) is 5.81. The molecule has 0 aliphatic heterocycles. The fraction of sp³-hybridized carbons (Fsp3) is 0.462. The van der Waals surface area contributed by atoms with Gasteiger partial charge in [0, 0.05) is 16.3 Å². The molecule has 6 heteroatoms. The zero-order valence-electron chi connectivity index (χ0n) is 10.6. The molecule has 1 heterocycles. The van der Waals surface area contributed by atoms with E-state index in [1.54, 1.807) is 6.07 Å². The maximum absolute atomic E-state index is 6.02. The van der Waals surface area contributed by atoms with Crippen LogP contribution in [-0.4, -0.2) is 20.2 Å². The summed E-state index contributed by atoms with van der Waals surface area (Å²) in [4.78, 5) is 0. The number of rotatable bonds is 2. The second kappa shape index (κ2) is 5.17. The van der Waals surface area contributed by atoms with Crippen molar-refractivity contribution in [3.05, 3.63) is 23.2 Å². The summed E-state index contributed by atoms with van der Waals surface area (Å²) in [6.07, 6.45) is 6.04. The van der Waals surface area contributed by atoms with E-state index in [1.807, 2.05) is 16.8 Å². The van der Waals surface area contributed by atoms with Gasteiger partial charge in [0.15, 0.2) is 5.82 Å². The molecule has 100 valence electrons. The monoisotopic (exact) mass is 277 g/mol. The Labute approximate surface area is 116 Å². The van der Waals surface area contributed by atoms with Gasteiger partial charge in [-0.1, -0.05) is 30.9 Å². The van der Waals surface area contributed by atoms with E-state index in [-0.39, 0.29) is 0 Å². The molecule has 1 aromatic heterocycles. The third-order valence-corrected chi connectivity index (χ3v) is 3.90. The van der Waals surface area contributed by atoms with Crippen LogP contribution >= 0.6 is 11.6 Å². The van der Waals surface area contributed by atoms with Gasteiger partial charge in [-0.2, -0.15) is 0 Å². The van der Waals surface area contributed by atoms with Gasteiger partial charge in [-0.3, -0.25) is 0 Å². The summed E-state index contributed by atoms with van der Waals surface area (Å²) in [5, 5.41) is 12.7. The Hall–Kier alpha value is -1.62. The molecule has 0 spiro atoms. The first-order valence-corrected chi connectivity index (χ1v) is 6.97. The quantitative estimate of drug-likeness (QED) is 0.857. The molecule has 0 bridgehead atoms. The Morgan fingerprint density at radius 1 is 1.21 bits per heavy atom. The third kappa shape index (κ3) is 2.42. The summed E-state index contributed by atoms with van der Waals surface area (Å²) >= 11 is 5.93. The molecular weight excluding hydrogens is 262 g/mol. The van der Waals surface area contributed by atoms with E-state index in [0.717, 1.165) is 24.2 Å². The number of nitrogens with two attached hydrogens (primary N) is 1. The molecule has 19 heavy (non-hydrogen) atoms. The van der Waals surface area contributed by atoms with Gasteiger partial charge in [0.2, 0.25) is 0 Å². The lowest BCUT2D eigenvalue weighted by molar-refractivity contribution is 0.327. The highest BCUT2D eigenvalue weighted by Gasteiger charge is 2.21. The van der Waals surface area contributed by atoms with Gasteiger partial charge in [0.05, 0.1) is 6.04 Å². The van der Waals surface area contributed by atoms with Gasteiger partial charge >= 0.3 is 0 Å². The maximum atomic E-state index is 6.02. The Morgan fingerprint density at radius 3 is 2.74 bits per heavy atom. The molecule has 3 rings (SSSR count). The number of tetrazole rings is 1. The molecule has 1 aromatic carbocycles. The van der Waals surface area contributed by atoms with Crippen LogP contribution in [0, 0.1) is 0 Å². The lowest BCUT2D eigenvalue weighted by atomic mass is 9.95. The van der Waals surface area contributed by atoms with Crippen LogP contribution in [-0.2, 0) is 0 Å². The summed E-state index contributed by atoms with van der Waals surface area (Å²) < 4.78 is 1.92. The fourth-order valence-corrected chi connectivity index (χ4v) is 2.86. The minimum absolute atomic E-state index is 0.383. The topological polar surface area (TPSA) is 69.6 Å². The summed E-state index contributed by atoms with van der Waals surface area (Å²) in [7, 11) is 0. The summed E-state index contributed by atoms with van der Waals surface area (Å²) in [6.45, 7) is 0. The van der Waals surface area contributed by atoms with Crippen LogP contribution < -0.4 is 5.73 Å². The molecule has 1 fully saturated rings. The van der Waals surface area contributed by atoms with Gasteiger partial charge < -0.3 is 5.73 Å². The third-order valence-electron chi connectivity index (χ3n) is 3.67. The van der Waals surface area contributed by atoms with Crippen LogP contribution in [0.2, 0.25) is 5.02 Å². The molecule has 1 saturated carbocycles. The number of nitrogens with zero attached hydrogens (tertiary/aromatic N) is 4.